The maximum Gasteiger partial charge on any atom is 0.272 e. The van der Waals surface area contributed by atoms with Crippen LogP contribution in [0, 0.1) is 19.7 Å². The first kappa shape index (κ1) is 13.4. The number of rotatable bonds is 2. The van der Waals surface area contributed by atoms with E-state index in [0.29, 0.717) is 16.8 Å². The summed E-state index contributed by atoms with van der Waals surface area (Å²) < 4.78 is 15.0. The van der Waals surface area contributed by atoms with Crippen LogP contribution in [0.1, 0.15) is 21.7 Å². The van der Waals surface area contributed by atoms with Gasteiger partial charge in [0.2, 0.25) is 0 Å². The molecule has 0 atom stereocenters. The molecular weight excluding hydrogens is 271 g/mol. The van der Waals surface area contributed by atoms with Crippen LogP contribution < -0.4 is 5.32 Å². The van der Waals surface area contributed by atoms with Crippen molar-refractivity contribution in [3.63, 3.8) is 0 Å². The smallest absolute Gasteiger partial charge is 0.272 e. The average molecular weight is 286 g/mol. The molecule has 2 heterocycles. The summed E-state index contributed by atoms with van der Waals surface area (Å²) >= 11 is 0. The minimum absolute atomic E-state index is 0.264. The lowest BCUT2D eigenvalue weighted by molar-refractivity contribution is 0.102. The number of fused-ring (bicyclic) bond motifs is 1. The van der Waals surface area contributed by atoms with Gasteiger partial charge in [0.1, 0.15) is 11.5 Å². The van der Waals surface area contributed by atoms with Crippen molar-refractivity contribution < 1.29 is 9.18 Å². The van der Waals surface area contributed by atoms with E-state index in [1.54, 1.807) is 23.9 Å². The van der Waals surface area contributed by atoms with Crippen LogP contribution in [-0.2, 0) is 7.05 Å². The van der Waals surface area contributed by atoms with Gasteiger partial charge in [-0.25, -0.2) is 4.39 Å². The zero-order valence-electron chi connectivity index (χ0n) is 12.0. The number of carbonyl (C=O) groups is 1. The van der Waals surface area contributed by atoms with Crippen molar-refractivity contribution in [1.29, 1.82) is 0 Å². The molecule has 0 aliphatic rings. The fraction of sp³-hybridized carbons (Fsp3) is 0.200. The molecule has 108 valence electrons. The van der Waals surface area contributed by atoms with Gasteiger partial charge in [-0.2, -0.15) is 5.10 Å². The number of aromatic amines is 1. The zero-order chi connectivity index (χ0) is 15.1. The van der Waals surface area contributed by atoms with Gasteiger partial charge in [0.05, 0.1) is 17.6 Å². The second-order valence-electron chi connectivity index (χ2n) is 5.04. The molecule has 1 amide bonds. The second kappa shape index (κ2) is 4.73. The number of aromatic nitrogens is 3. The van der Waals surface area contributed by atoms with Gasteiger partial charge in [0.15, 0.2) is 0 Å². The Morgan fingerprint density at radius 1 is 1.38 bits per heavy atom. The highest BCUT2D eigenvalue weighted by molar-refractivity contribution is 6.08. The van der Waals surface area contributed by atoms with E-state index in [0.717, 1.165) is 16.8 Å². The highest BCUT2D eigenvalue weighted by atomic mass is 19.1. The van der Waals surface area contributed by atoms with E-state index < -0.39 is 0 Å². The quantitative estimate of drug-likeness (QED) is 0.761. The maximum absolute atomic E-state index is 13.3. The fourth-order valence-electron chi connectivity index (χ4n) is 2.33. The number of benzene rings is 1. The van der Waals surface area contributed by atoms with Crippen molar-refractivity contribution in [2.75, 3.05) is 5.32 Å². The third-order valence-electron chi connectivity index (χ3n) is 3.73. The number of carbonyl (C=O) groups excluding carboxylic acids is 1. The molecule has 6 heteroatoms. The molecule has 2 N–H and O–H groups in total. The minimum Gasteiger partial charge on any atom is -0.350 e. The Balaban J connectivity index is 1.98. The molecule has 0 fully saturated rings. The molecule has 0 aliphatic heterocycles. The summed E-state index contributed by atoms with van der Waals surface area (Å²) in [7, 11) is 1.81. The molecule has 0 saturated heterocycles. The van der Waals surface area contributed by atoms with Crippen molar-refractivity contribution in [2.24, 2.45) is 7.05 Å². The minimum atomic E-state index is -0.320. The van der Waals surface area contributed by atoms with Crippen LogP contribution >= 0.6 is 0 Å². The van der Waals surface area contributed by atoms with Crippen LogP contribution in [0.15, 0.2) is 24.4 Å². The molecule has 0 aliphatic carbocycles. The van der Waals surface area contributed by atoms with E-state index >= 15 is 0 Å². The van der Waals surface area contributed by atoms with Gasteiger partial charge in [-0.05, 0) is 37.6 Å². The number of H-pyrrole nitrogens is 1. The Hall–Kier alpha value is -2.63. The number of nitrogens with one attached hydrogen (secondary N) is 2. The number of hydrogen-bond donors (Lipinski definition) is 2. The van der Waals surface area contributed by atoms with Crippen LogP contribution in [0.25, 0.3) is 10.9 Å². The summed E-state index contributed by atoms with van der Waals surface area (Å²) in [5, 5.41) is 7.61. The summed E-state index contributed by atoms with van der Waals surface area (Å²) in [4.78, 5) is 15.4. The molecule has 2 aromatic heterocycles. The lowest BCUT2D eigenvalue weighted by Crippen LogP contribution is -2.14. The molecule has 0 unspecified atom stereocenters. The molecular formula is C15H15FN4O. The Morgan fingerprint density at radius 3 is 2.81 bits per heavy atom. The third-order valence-corrected chi connectivity index (χ3v) is 3.73. The molecule has 0 radical (unpaired) electrons. The normalized spacial score (nSPS) is 11.0. The lowest BCUT2D eigenvalue weighted by Gasteiger charge is -2.04. The van der Waals surface area contributed by atoms with Crippen molar-refractivity contribution in [2.45, 2.75) is 13.8 Å². The number of amides is 1. The summed E-state index contributed by atoms with van der Waals surface area (Å²) in [5.74, 6) is -0.583. The molecule has 0 spiro atoms. The van der Waals surface area contributed by atoms with Crippen LogP contribution in [0.2, 0.25) is 0 Å². The Labute approximate surface area is 120 Å². The second-order valence-corrected chi connectivity index (χ2v) is 5.04. The van der Waals surface area contributed by atoms with Crippen LogP contribution in [0.4, 0.5) is 10.1 Å². The van der Waals surface area contributed by atoms with Crippen molar-refractivity contribution >= 4 is 22.5 Å². The molecule has 0 saturated carbocycles. The lowest BCUT2D eigenvalue weighted by atomic mass is 10.1. The number of nitrogens with zero attached hydrogens (tertiary/aromatic N) is 2. The number of halogens is 1. The molecule has 3 aromatic rings. The van der Waals surface area contributed by atoms with Gasteiger partial charge in [-0.3, -0.25) is 9.48 Å². The Morgan fingerprint density at radius 2 is 2.14 bits per heavy atom. The SMILES string of the molecule is Cc1c(C(=O)Nc2cnn(C)c2C)[nH]c2ccc(F)cc12. The highest BCUT2D eigenvalue weighted by Gasteiger charge is 2.16. The van der Waals surface area contributed by atoms with Gasteiger partial charge in [0.25, 0.3) is 5.91 Å². The predicted octanol–water partition coefficient (Wildman–Crippen LogP) is 2.91. The van der Waals surface area contributed by atoms with Gasteiger partial charge < -0.3 is 10.3 Å². The van der Waals surface area contributed by atoms with Crippen molar-refractivity contribution in [3.05, 3.63) is 47.2 Å². The van der Waals surface area contributed by atoms with Crippen LogP contribution in [0.5, 0.6) is 0 Å². The first-order chi connectivity index (χ1) is 9.97. The number of hydrogen-bond acceptors (Lipinski definition) is 2. The topological polar surface area (TPSA) is 62.7 Å². The van der Waals surface area contributed by atoms with E-state index in [2.05, 4.69) is 15.4 Å². The number of aryl methyl sites for hydroxylation is 2. The average Bonchev–Trinajstić information content (AvgIpc) is 2.94. The molecule has 21 heavy (non-hydrogen) atoms. The number of anilines is 1. The third kappa shape index (κ3) is 2.18. The molecule has 0 bridgehead atoms. The Kier molecular flexibility index (Phi) is 3.01. The summed E-state index contributed by atoms with van der Waals surface area (Å²) in [6, 6.07) is 4.42. The first-order valence-corrected chi connectivity index (χ1v) is 6.55. The monoisotopic (exact) mass is 286 g/mol. The van der Waals surface area contributed by atoms with E-state index in [9.17, 15) is 9.18 Å². The predicted molar refractivity (Wildman–Crippen MR) is 78.9 cm³/mol. The van der Waals surface area contributed by atoms with E-state index in [1.807, 2.05) is 14.0 Å². The largest absolute Gasteiger partial charge is 0.350 e. The zero-order valence-corrected chi connectivity index (χ0v) is 12.0. The Bertz CT molecular complexity index is 847. The van der Waals surface area contributed by atoms with Gasteiger partial charge in [-0.1, -0.05) is 0 Å². The summed E-state index contributed by atoms with van der Waals surface area (Å²) in [6.07, 6.45) is 1.60. The standard InChI is InChI=1S/C15H15FN4O/c1-8-11-6-10(16)4-5-12(11)18-14(8)15(21)19-13-7-17-20(3)9(13)2/h4-7,18H,1-3H3,(H,19,21). The van der Waals surface area contributed by atoms with Gasteiger partial charge >= 0.3 is 0 Å². The summed E-state index contributed by atoms with van der Waals surface area (Å²) in [5.41, 5.74) is 3.42. The first-order valence-electron chi connectivity index (χ1n) is 6.55. The van der Waals surface area contributed by atoms with E-state index in [-0.39, 0.29) is 11.7 Å². The van der Waals surface area contributed by atoms with Gasteiger partial charge in [0, 0.05) is 18.0 Å². The van der Waals surface area contributed by atoms with E-state index in [1.165, 1.54) is 12.1 Å². The van der Waals surface area contributed by atoms with Crippen LogP contribution in [-0.4, -0.2) is 20.7 Å². The highest BCUT2D eigenvalue weighted by Crippen LogP contribution is 2.23. The summed E-state index contributed by atoms with van der Waals surface area (Å²) in [6.45, 7) is 3.67. The maximum atomic E-state index is 13.3. The van der Waals surface area contributed by atoms with Gasteiger partial charge in [-0.15, -0.1) is 0 Å². The fourth-order valence-corrected chi connectivity index (χ4v) is 2.33. The molecule has 1 aromatic carbocycles. The molecule has 3 rings (SSSR count). The van der Waals surface area contributed by atoms with Crippen LogP contribution in [0.3, 0.4) is 0 Å². The molecule has 5 nitrogen and oxygen atoms in total. The van der Waals surface area contributed by atoms with E-state index in [4.69, 9.17) is 0 Å². The van der Waals surface area contributed by atoms with Crippen molar-refractivity contribution in [3.8, 4) is 0 Å². The van der Waals surface area contributed by atoms with Crippen molar-refractivity contribution in [1.82, 2.24) is 14.8 Å².